The van der Waals surface area contributed by atoms with Crippen molar-refractivity contribution in [2.75, 3.05) is 0 Å². The molecule has 50 valence electrons. The molecule has 0 unspecified atom stereocenters. The molecule has 0 bridgehead atoms. The second-order valence-electron chi connectivity index (χ2n) is 1.54. The van der Waals surface area contributed by atoms with Crippen LogP contribution in [0.25, 0.3) is 0 Å². The zero-order chi connectivity index (χ0) is 6.85. The number of alkyl halides is 1. The van der Waals surface area contributed by atoms with Gasteiger partial charge in [0.1, 0.15) is 12.4 Å². The maximum Gasteiger partial charge on any atom is 0.326 e. The highest BCUT2D eigenvalue weighted by molar-refractivity contribution is 5.14. The first-order valence-electron chi connectivity index (χ1n) is 2.30. The van der Waals surface area contributed by atoms with E-state index < -0.39 is 18.2 Å². The molecule has 1 rings (SSSR count). The molecule has 0 radical (unpaired) electrons. The largest absolute Gasteiger partial charge is 0.493 e. The van der Waals surface area contributed by atoms with Crippen molar-refractivity contribution in [1.82, 2.24) is 9.97 Å². The van der Waals surface area contributed by atoms with E-state index in [1.54, 1.807) is 0 Å². The second-order valence-corrected chi connectivity index (χ2v) is 1.54. The van der Waals surface area contributed by atoms with E-state index in [9.17, 15) is 9.18 Å². The lowest BCUT2D eigenvalue weighted by Crippen LogP contribution is -2.00. The van der Waals surface area contributed by atoms with Gasteiger partial charge in [0, 0.05) is 0 Å². The number of aromatic amines is 2. The lowest BCUT2D eigenvalue weighted by atomic mass is 10.5. The van der Waals surface area contributed by atoms with Gasteiger partial charge in [0.05, 0.1) is 0 Å². The molecule has 4 nitrogen and oxygen atoms in total. The zero-order valence-electron chi connectivity index (χ0n) is 4.44. The van der Waals surface area contributed by atoms with E-state index in [2.05, 4.69) is 4.98 Å². The number of nitrogens with one attached hydrogen (secondary N) is 2. The van der Waals surface area contributed by atoms with Crippen LogP contribution in [0.15, 0.2) is 4.79 Å². The summed E-state index contributed by atoms with van der Waals surface area (Å²) in [7, 11) is 0. The molecule has 9 heavy (non-hydrogen) atoms. The number of aromatic hydroxyl groups is 1. The number of H-pyrrole nitrogens is 2. The van der Waals surface area contributed by atoms with Gasteiger partial charge in [-0.15, -0.1) is 0 Å². The Morgan fingerprint density at radius 1 is 1.56 bits per heavy atom. The Morgan fingerprint density at radius 3 is 2.44 bits per heavy atom. The average molecular weight is 132 g/mol. The third-order valence-electron chi connectivity index (χ3n) is 0.916. The molecule has 5 heteroatoms. The molecule has 0 aliphatic heterocycles. The summed E-state index contributed by atoms with van der Waals surface area (Å²) >= 11 is 0. The topological polar surface area (TPSA) is 68.9 Å². The van der Waals surface area contributed by atoms with Crippen LogP contribution in [0.2, 0.25) is 0 Å². The molecular formula is C4H5FN2O2. The van der Waals surface area contributed by atoms with Gasteiger partial charge < -0.3 is 10.1 Å². The van der Waals surface area contributed by atoms with Crippen LogP contribution in [-0.4, -0.2) is 15.1 Å². The van der Waals surface area contributed by atoms with Crippen molar-refractivity contribution >= 4 is 0 Å². The summed E-state index contributed by atoms with van der Waals surface area (Å²) in [5, 5.41) is 8.60. The summed E-state index contributed by atoms with van der Waals surface area (Å²) in [5.41, 5.74) is -0.708. The van der Waals surface area contributed by atoms with Gasteiger partial charge in [-0.2, -0.15) is 0 Å². The quantitative estimate of drug-likeness (QED) is 0.498. The number of aromatic nitrogens is 2. The second kappa shape index (κ2) is 1.93. The van der Waals surface area contributed by atoms with Gasteiger partial charge in [-0.05, 0) is 0 Å². The first-order chi connectivity index (χ1) is 4.24. The van der Waals surface area contributed by atoms with Crippen LogP contribution < -0.4 is 5.69 Å². The van der Waals surface area contributed by atoms with Crippen molar-refractivity contribution < 1.29 is 9.50 Å². The molecule has 1 heterocycles. The fraction of sp³-hybridized carbons (Fsp3) is 0.250. The fourth-order valence-electron chi connectivity index (χ4n) is 0.507. The van der Waals surface area contributed by atoms with Gasteiger partial charge in [-0.1, -0.05) is 0 Å². The minimum absolute atomic E-state index is 0.111. The van der Waals surface area contributed by atoms with Crippen LogP contribution in [0.4, 0.5) is 4.39 Å². The highest BCUT2D eigenvalue weighted by Gasteiger charge is 2.02. The Labute approximate surface area is 49.3 Å². The number of halogens is 1. The Hall–Kier alpha value is -1.26. The van der Waals surface area contributed by atoms with Crippen LogP contribution in [0.3, 0.4) is 0 Å². The predicted molar refractivity (Wildman–Crippen MR) is 27.9 cm³/mol. The number of imidazole rings is 1. The molecule has 0 spiro atoms. The van der Waals surface area contributed by atoms with Gasteiger partial charge in [-0.25, -0.2) is 9.18 Å². The molecular weight excluding hydrogens is 127 g/mol. The van der Waals surface area contributed by atoms with Gasteiger partial charge in [0.2, 0.25) is 5.88 Å². The molecule has 0 atom stereocenters. The monoisotopic (exact) mass is 132 g/mol. The Bertz CT molecular complexity index is 251. The van der Waals surface area contributed by atoms with E-state index >= 15 is 0 Å². The van der Waals surface area contributed by atoms with Crippen LogP contribution in [0, 0.1) is 0 Å². The van der Waals surface area contributed by atoms with Crippen LogP contribution in [0.5, 0.6) is 5.88 Å². The van der Waals surface area contributed by atoms with Gasteiger partial charge >= 0.3 is 5.69 Å². The van der Waals surface area contributed by atoms with E-state index in [4.69, 9.17) is 5.11 Å². The van der Waals surface area contributed by atoms with Crippen molar-refractivity contribution in [3.05, 3.63) is 16.2 Å². The lowest BCUT2D eigenvalue weighted by Gasteiger charge is -1.83. The predicted octanol–water partition coefficient (Wildman–Crippen LogP) is -0.122. The van der Waals surface area contributed by atoms with Crippen LogP contribution in [-0.2, 0) is 6.67 Å². The Morgan fingerprint density at radius 2 is 2.22 bits per heavy atom. The first kappa shape index (κ1) is 5.87. The molecule has 0 aromatic carbocycles. The fourth-order valence-corrected chi connectivity index (χ4v) is 0.507. The van der Waals surface area contributed by atoms with Gasteiger partial charge in [-0.3, -0.25) is 4.98 Å². The molecule has 0 saturated carbocycles. The summed E-state index contributed by atoms with van der Waals surface area (Å²) in [6, 6.07) is 0. The van der Waals surface area contributed by atoms with E-state index in [1.165, 1.54) is 0 Å². The Balaban J connectivity index is 3.16. The molecule has 0 fully saturated rings. The average Bonchev–Trinajstić information content (AvgIpc) is 2.10. The first-order valence-corrected chi connectivity index (χ1v) is 2.30. The summed E-state index contributed by atoms with van der Waals surface area (Å²) < 4.78 is 11.6. The van der Waals surface area contributed by atoms with E-state index in [-0.39, 0.29) is 5.69 Å². The highest BCUT2D eigenvalue weighted by atomic mass is 19.1. The van der Waals surface area contributed by atoms with Crippen molar-refractivity contribution in [2.24, 2.45) is 0 Å². The van der Waals surface area contributed by atoms with E-state index in [1.807, 2.05) is 4.98 Å². The SMILES string of the molecule is O=c1[nH]c(O)c(CF)[nH]1. The molecule has 3 N–H and O–H groups in total. The minimum Gasteiger partial charge on any atom is -0.493 e. The maximum absolute atomic E-state index is 11.6. The summed E-state index contributed by atoms with van der Waals surface area (Å²) in [6.45, 7) is -0.870. The van der Waals surface area contributed by atoms with Crippen molar-refractivity contribution in [3.63, 3.8) is 0 Å². The number of rotatable bonds is 1. The molecule has 1 aromatic heterocycles. The minimum atomic E-state index is -0.870. The molecule has 1 aromatic rings. The summed E-state index contributed by atoms with van der Waals surface area (Å²) in [4.78, 5) is 14.3. The number of hydrogen-bond donors (Lipinski definition) is 3. The molecule has 0 aliphatic carbocycles. The summed E-state index contributed by atoms with van der Waals surface area (Å²) in [5.74, 6) is -0.428. The van der Waals surface area contributed by atoms with Crippen molar-refractivity contribution in [1.29, 1.82) is 0 Å². The van der Waals surface area contributed by atoms with E-state index in [0.29, 0.717) is 0 Å². The van der Waals surface area contributed by atoms with Gasteiger partial charge in [0.15, 0.2) is 0 Å². The Kier molecular flexibility index (Phi) is 1.26. The van der Waals surface area contributed by atoms with Crippen LogP contribution in [0.1, 0.15) is 5.69 Å². The third kappa shape index (κ3) is 0.933. The molecule has 0 saturated heterocycles. The third-order valence-corrected chi connectivity index (χ3v) is 0.916. The molecule has 0 aliphatic rings. The molecule has 0 amide bonds. The lowest BCUT2D eigenvalue weighted by molar-refractivity contribution is 0.418. The smallest absolute Gasteiger partial charge is 0.326 e. The highest BCUT2D eigenvalue weighted by Crippen LogP contribution is 2.07. The maximum atomic E-state index is 11.6. The zero-order valence-corrected chi connectivity index (χ0v) is 4.44. The van der Waals surface area contributed by atoms with Gasteiger partial charge in [0.25, 0.3) is 0 Å². The standard InChI is InChI=1S/C4H5FN2O2/c5-1-2-3(8)7-4(9)6-2/h8H,1H2,(H2,6,7,9). The van der Waals surface area contributed by atoms with Crippen LogP contribution >= 0.6 is 0 Å². The van der Waals surface area contributed by atoms with E-state index in [0.717, 1.165) is 0 Å². The normalized spacial score (nSPS) is 9.89. The van der Waals surface area contributed by atoms with Crippen molar-refractivity contribution in [2.45, 2.75) is 6.67 Å². The number of hydrogen-bond acceptors (Lipinski definition) is 2. The van der Waals surface area contributed by atoms with Crippen molar-refractivity contribution in [3.8, 4) is 5.88 Å². The summed E-state index contributed by atoms with van der Waals surface area (Å²) in [6.07, 6.45) is 0.